The number of carbonyl (C=O) groups is 2. The fourth-order valence-electron chi connectivity index (χ4n) is 4.09. The summed E-state index contributed by atoms with van der Waals surface area (Å²) in [6.45, 7) is 8.43. The molecule has 208 valence electrons. The first-order valence-corrected chi connectivity index (χ1v) is 13.0. The van der Waals surface area contributed by atoms with Gasteiger partial charge in [0.05, 0.1) is 27.9 Å². The number of aromatic nitrogens is 5. The predicted octanol–water partition coefficient (Wildman–Crippen LogP) is 3.58. The number of rotatable bonds is 9. The summed E-state index contributed by atoms with van der Waals surface area (Å²) >= 11 is 5.95. The zero-order valence-electron chi connectivity index (χ0n) is 22.8. The summed E-state index contributed by atoms with van der Waals surface area (Å²) in [7, 11) is 0. The van der Waals surface area contributed by atoms with Gasteiger partial charge in [0.2, 0.25) is 17.6 Å². The third-order valence-corrected chi connectivity index (χ3v) is 6.76. The molecule has 40 heavy (non-hydrogen) atoms. The Hall–Kier alpha value is -4.38. The molecule has 11 nitrogen and oxygen atoms in total. The molecule has 4 rings (SSSR count). The Morgan fingerprint density at radius 1 is 1.12 bits per heavy atom. The van der Waals surface area contributed by atoms with Crippen LogP contribution in [0.5, 0.6) is 0 Å². The lowest BCUT2D eigenvalue weighted by molar-refractivity contribution is -0.122. The molecule has 1 aromatic carbocycles. The molecule has 1 atom stereocenters. The van der Waals surface area contributed by atoms with Crippen molar-refractivity contribution in [3.63, 3.8) is 0 Å². The van der Waals surface area contributed by atoms with Crippen molar-refractivity contribution in [2.45, 2.75) is 52.6 Å². The highest BCUT2D eigenvalue weighted by Crippen LogP contribution is 2.30. The zero-order chi connectivity index (χ0) is 29.2. The van der Waals surface area contributed by atoms with Gasteiger partial charge in [-0.25, -0.2) is 4.98 Å². The van der Waals surface area contributed by atoms with Gasteiger partial charge in [-0.3, -0.25) is 23.9 Å². The summed E-state index contributed by atoms with van der Waals surface area (Å²) in [6, 6.07) is 11.4. The molecular formula is C28H30ClN7O4. The van der Waals surface area contributed by atoms with Gasteiger partial charge >= 0.3 is 0 Å². The average molecular weight is 564 g/mol. The number of nitrogen functional groups attached to an aromatic ring is 1. The highest BCUT2D eigenvalue weighted by molar-refractivity contribution is 6.30. The number of Topliss-reactive ketones (excluding diaryl/α,β-unsaturated/α-hetero) is 1. The van der Waals surface area contributed by atoms with E-state index >= 15 is 0 Å². The largest absolute Gasteiger partial charge is 0.417 e. The number of nitrogens with one attached hydrogen (secondary N) is 1. The van der Waals surface area contributed by atoms with E-state index in [2.05, 4.69) is 25.5 Å². The van der Waals surface area contributed by atoms with Crippen molar-refractivity contribution in [1.82, 2.24) is 30.0 Å². The number of ketones is 1. The molecule has 0 radical (unpaired) electrons. The average Bonchev–Trinajstić information content (AvgIpc) is 3.44. The van der Waals surface area contributed by atoms with Crippen LogP contribution in [0, 0.1) is 12.8 Å². The molecule has 0 saturated heterocycles. The molecule has 12 heteroatoms. The van der Waals surface area contributed by atoms with Crippen molar-refractivity contribution in [3.8, 4) is 11.4 Å². The van der Waals surface area contributed by atoms with Gasteiger partial charge in [0.25, 0.3) is 11.4 Å². The molecule has 0 unspecified atom stereocenters. The van der Waals surface area contributed by atoms with Crippen LogP contribution in [0.15, 0.2) is 57.9 Å². The molecular weight excluding hydrogens is 534 g/mol. The van der Waals surface area contributed by atoms with E-state index < -0.39 is 35.3 Å². The number of amides is 1. The lowest BCUT2D eigenvalue weighted by Crippen LogP contribution is -2.46. The Bertz CT molecular complexity index is 1600. The van der Waals surface area contributed by atoms with Crippen molar-refractivity contribution in [2.75, 3.05) is 5.73 Å². The molecule has 0 saturated carbocycles. The topological polar surface area (TPSA) is 159 Å². The number of nitrogens with two attached hydrogens (primary N) is 1. The maximum atomic E-state index is 13.4. The second-order valence-electron chi connectivity index (χ2n) is 10.2. The molecule has 0 aliphatic heterocycles. The summed E-state index contributed by atoms with van der Waals surface area (Å²) in [6.07, 6.45) is 1.51. The molecule has 0 spiro atoms. The van der Waals surface area contributed by atoms with E-state index in [0.29, 0.717) is 27.8 Å². The minimum Gasteiger partial charge on any atom is -0.417 e. The SMILES string of the molecule is Cc1nc(-c2ccccc2)n(CC(=O)N[C@@H](C(=O)c2nnc(C(C)(C)c3ccc(Cl)cn3)o2)C(C)C)c(=O)c1N. The van der Waals surface area contributed by atoms with Crippen LogP contribution in [-0.2, 0) is 16.8 Å². The minimum absolute atomic E-state index is 0.0554. The van der Waals surface area contributed by atoms with Crippen molar-refractivity contribution < 1.29 is 14.0 Å². The number of hydrogen-bond donors (Lipinski definition) is 2. The summed E-state index contributed by atoms with van der Waals surface area (Å²) < 4.78 is 6.97. The first kappa shape index (κ1) is 28.6. The fourth-order valence-corrected chi connectivity index (χ4v) is 4.20. The van der Waals surface area contributed by atoms with Crippen LogP contribution < -0.4 is 16.6 Å². The van der Waals surface area contributed by atoms with E-state index in [1.54, 1.807) is 57.2 Å². The second-order valence-corrected chi connectivity index (χ2v) is 10.7. The summed E-state index contributed by atoms with van der Waals surface area (Å²) in [5, 5.41) is 11.2. The summed E-state index contributed by atoms with van der Waals surface area (Å²) in [5.41, 5.74) is 6.16. The standard InChI is InChI=1S/C28H30ClN7O4/c1-15(2)22(23(38)25-34-35-27(40-25)28(4,5)19-12-11-18(29)13-31-19)33-20(37)14-36-24(17-9-7-6-8-10-17)32-16(3)21(30)26(36)39/h6-13,15,22H,14,30H2,1-5H3,(H,33,37)/t22-/m1/s1. The quantitative estimate of drug-likeness (QED) is 0.290. The monoisotopic (exact) mass is 563 g/mol. The molecule has 0 fully saturated rings. The highest BCUT2D eigenvalue weighted by atomic mass is 35.5. The van der Waals surface area contributed by atoms with Gasteiger partial charge in [-0.2, -0.15) is 0 Å². The Labute approximate surface area is 235 Å². The first-order chi connectivity index (χ1) is 18.9. The molecule has 1 amide bonds. The Kier molecular flexibility index (Phi) is 8.15. The number of pyridine rings is 1. The van der Waals surface area contributed by atoms with Crippen LogP contribution in [-0.4, -0.2) is 42.5 Å². The van der Waals surface area contributed by atoms with Gasteiger partial charge in [0.15, 0.2) is 0 Å². The van der Waals surface area contributed by atoms with Gasteiger partial charge in [-0.1, -0.05) is 55.8 Å². The van der Waals surface area contributed by atoms with Crippen LogP contribution in [0.25, 0.3) is 11.4 Å². The Morgan fingerprint density at radius 2 is 1.82 bits per heavy atom. The number of halogens is 1. The van der Waals surface area contributed by atoms with Crippen LogP contribution in [0.4, 0.5) is 5.69 Å². The van der Waals surface area contributed by atoms with Crippen molar-refractivity contribution >= 4 is 29.0 Å². The Balaban J connectivity index is 1.58. The molecule has 0 bridgehead atoms. The lowest BCUT2D eigenvalue weighted by Gasteiger charge is -2.21. The molecule has 3 aromatic heterocycles. The molecule has 4 aromatic rings. The van der Waals surface area contributed by atoms with E-state index in [4.69, 9.17) is 21.8 Å². The lowest BCUT2D eigenvalue weighted by atomic mass is 9.89. The molecule has 0 aliphatic rings. The fraction of sp³-hybridized carbons (Fsp3) is 0.321. The predicted molar refractivity (Wildman–Crippen MR) is 150 cm³/mol. The van der Waals surface area contributed by atoms with Gasteiger partial charge in [0.1, 0.15) is 18.1 Å². The van der Waals surface area contributed by atoms with Crippen LogP contribution in [0.2, 0.25) is 5.02 Å². The maximum absolute atomic E-state index is 13.4. The van der Waals surface area contributed by atoms with Gasteiger partial charge in [0, 0.05) is 11.8 Å². The number of anilines is 1. The summed E-state index contributed by atoms with van der Waals surface area (Å²) in [5.74, 6) is -1.25. The van der Waals surface area contributed by atoms with E-state index in [0.717, 1.165) is 0 Å². The van der Waals surface area contributed by atoms with Gasteiger partial charge < -0.3 is 15.5 Å². The van der Waals surface area contributed by atoms with E-state index in [9.17, 15) is 14.4 Å². The van der Waals surface area contributed by atoms with E-state index in [1.807, 2.05) is 19.9 Å². The van der Waals surface area contributed by atoms with Crippen LogP contribution in [0.3, 0.4) is 0 Å². The van der Waals surface area contributed by atoms with E-state index in [1.165, 1.54) is 10.8 Å². The highest BCUT2D eigenvalue weighted by Gasteiger charge is 2.35. The number of benzene rings is 1. The second kappa shape index (κ2) is 11.4. The Morgan fingerprint density at radius 3 is 2.45 bits per heavy atom. The number of aryl methyl sites for hydroxylation is 1. The zero-order valence-corrected chi connectivity index (χ0v) is 23.6. The van der Waals surface area contributed by atoms with Gasteiger partial charge in [-0.15, -0.1) is 10.2 Å². The van der Waals surface area contributed by atoms with Crippen molar-refractivity contribution in [3.05, 3.63) is 87.2 Å². The smallest absolute Gasteiger partial charge is 0.286 e. The number of hydrogen-bond acceptors (Lipinski definition) is 9. The first-order valence-electron chi connectivity index (χ1n) is 12.6. The number of nitrogens with zero attached hydrogens (tertiary/aromatic N) is 5. The number of carbonyl (C=O) groups excluding carboxylic acids is 2. The van der Waals surface area contributed by atoms with Crippen molar-refractivity contribution in [2.24, 2.45) is 5.92 Å². The van der Waals surface area contributed by atoms with Gasteiger partial charge in [-0.05, 0) is 38.8 Å². The molecule has 3 heterocycles. The molecule has 0 aliphatic carbocycles. The minimum atomic E-state index is -0.996. The summed E-state index contributed by atoms with van der Waals surface area (Å²) in [4.78, 5) is 48.4. The van der Waals surface area contributed by atoms with Crippen molar-refractivity contribution in [1.29, 1.82) is 0 Å². The van der Waals surface area contributed by atoms with E-state index in [-0.39, 0.29) is 23.4 Å². The normalized spacial score (nSPS) is 12.4. The molecule has 3 N–H and O–H groups in total. The third-order valence-electron chi connectivity index (χ3n) is 6.53. The maximum Gasteiger partial charge on any atom is 0.286 e. The third kappa shape index (κ3) is 5.79. The van der Waals surface area contributed by atoms with Crippen LogP contribution >= 0.6 is 11.6 Å². The van der Waals surface area contributed by atoms with Crippen LogP contribution in [0.1, 0.15) is 55.7 Å².